The van der Waals surface area contributed by atoms with Crippen LogP contribution in [0.3, 0.4) is 0 Å². The van der Waals surface area contributed by atoms with Crippen LogP contribution in [0, 0.1) is 57.2 Å². The third-order valence-electron chi connectivity index (χ3n) is 11.5. The second-order valence-corrected chi connectivity index (χ2v) is 14.3. The molecule has 5 unspecified atom stereocenters. The lowest BCUT2D eigenvalue weighted by molar-refractivity contribution is -0.155. The number of hydrogen-bond donors (Lipinski definition) is 1. The summed E-state index contributed by atoms with van der Waals surface area (Å²) >= 11 is 0. The largest absolute Gasteiger partial charge is 0.345 e. The minimum atomic E-state index is -3.48. The van der Waals surface area contributed by atoms with Crippen molar-refractivity contribution in [3.8, 4) is 6.07 Å². The molecule has 0 bridgehead atoms. The van der Waals surface area contributed by atoms with Crippen molar-refractivity contribution in [3.05, 3.63) is 23.3 Å². The van der Waals surface area contributed by atoms with Gasteiger partial charge in [0.2, 0.25) is 0 Å². The molecule has 0 aromatic heterocycles. The highest BCUT2D eigenvalue weighted by Crippen LogP contribution is 2.68. The summed E-state index contributed by atoms with van der Waals surface area (Å²) in [7, 11) is 0. The van der Waals surface area contributed by atoms with Gasteiger partial charge in [-0.3, -0.25) is 14.4 Å². The van der Waals surface area contributed by atoms with Gasteiger partial charge in [-0.15, -0.1) is 0 Å². The van der Waals surface area contributed by atoms with Gasteiger partial charge >= 0.3 is 5.92 Å². The standard InChI is InChI=1S/C31H40F2N2O3/c1-17-19-7-9-28(4)20-8-10-31(35-26(38)30(6,32)33)12-11-27(2,3)15-21(31)24(20)22(36)13-23(28)29(19,5)14-18(16-34)25(17)37/h13-14,17,19-21,24H,7-12,15H2,1-6H3,(H,35,38)/t17?,19?,20?,21?,24?,28-,29-,31+/m0/s1. The number of hydrogen-bond acceptors (Lipinski definition) is 4. The molecular weight excluding hydrogens is 486 g/mol. The van der Waals surface area contributed by atoms with E-state index in [1.807, 2.05) is 13.0 Å². The molecule has 0 spiro atoms. The van der Waals surface area contributed by atoms with E-state index in [1.54, 1.807) is 6.08 Å². The van der Waals surface area contributed by atoms with Gasteiger partial charge in [0.15, 0.2) is 11.6 Å². The molecule has 0 radical (unpaired) electrons. The second-order valence-electron chi connectivity index (χ2n) is 14.3. The Labute approximate surface area is 224 Å². The van der Waals surface area contributed by atoms with E-state index in [2.05, 4.69) is 39.1 Å². The van der Waals surface area contributed by atoms with Crippen LogP contribution in [-0.4, -0.2) is 28.9 Å². The van der Waals surface area contributed by atoms with Crippen LogP contribution in [0.5, 0.6) is 0 Å². The Kier molecular flexibility index (Phi) is 5.96. The molecule has 0 saturated heterocycles. The Morgan fingerprint density at radius 2 is 1.71 bits per heavy atom. The molecule has 38 heavy (non-hydrogen) atoms. The number of nitriles is 1. The fourth-order valence-corrected chi connectivity index (χ4v) is 9.45. The molecule has 5 rings (SSSR count). The Hall–Kier alpha value is -2.36. The molecule has 3 saturated carbocycles. The summed E-state index contributed by atoms with van der Waals surface area (Å²) in [6, 6.07) is 2.10. The average Bonchev–Trinajstić information content (AvgIpc) is 2.82. The van der Waals surface area contributed by atoms with E-state index in [-0.39, 0.29) is 57.6 Å². The van der Waals surface area contributed by atoms with E-state index < -0.39 is 22.8 Å². The Bertz CT molecular complexity index is 1210. The highest BCUT2D eigenvalue weighted by Gasteiger charge is 2.65. The van der Waals surface area contributed by atoms with Gasteiger partial charge in [0.1, 0.15) is 6.07 Å². The summed E-state index contributed by atoms with van der Waals surface area (Å²) in [6.07, 6.45) is 8.58. The van der Waals surface area contributed by atoms with Crippen molar-refractivity contribution in [1.82, 2.24) is 5.32 Å². The average molecular weight is 527 g/mol. The van der Waals surface area contributed by atoms with Gasteiger partial charge in [-0.25, -0.2) is 0 Å². The normalized spacial score (nSPS) is 43.8. The lowest BCUT2D eigenvalue weighted by atomic mass is 9.40. The Balaban J connectivity index is 1.61. The van der Waals surface area contributed by atoms with Crippen molar-refractivity contribution in [3.63, 3.8) is 0 Å². The van der Waals surface area contributed by atoms with Gasteiger partial charge < -0.3 is 5.32 Å². The predicted molar refractivity (Wildman–Crippen MR) is 139 cm³/mol. The number of nitrogens with zero attached hydrogens (tertiary/aromatic N) is 1. The van der Waals surface area contributed by atoms with E-state index in [9.17, 15) is 28.4 Å². The zero-order chi connectivity index (χ0) is 28.1. The van der Waals surface area contributed by atoms with Gasteiger partial charge in [-0.2, -0.15) is 14.0 Å². The lowest BCUT2D eigenvalue weighted by Crippen LogP contribution is -2.67. The maximum Gasteiger partial charge on any atom is 0.321 e. The SMILES string of the molecule is CC1C(=O)C(C#N)=C[C@]2(C)C3=CC(=O)C4C5CC(C)(C)CC[C@]5(NC(=O)C(C)(F)F)CCC4[C@]3(C)CCC12. The van der Waals surface area contributed by atoms with E-state index in [0.29, 0.717) is 32.6 Å². The number of Topliss-reactive ketones (excluding diaryl/α,β-unsaturated/α-hetero) is 1. The maximum atomic E-state index is 14.1. The van der Waals surface area contributed by atoms with Crippen molar-refractivity contribution in [2.75, 3.05) is 0 Å². The molecule has 0 aromatic carbocycles. The summed E-state index contributed by atoms with van der Waals surface area (Å²) in [6.45, 7) is 11.2. The monoisotopic (exact) mass is 526 g/mol. The third-order valence-corrected chi connectivity index (χ3v) is 11.5. The summed E-state index contributed by atoms with van der Waals surface area (Å²) in [5.74, 6) is -5.67. The molecule has 5 aliphatic carbocycles. The number of amides is 1. The molecule has 0 aliphatic heterocycles. The highest BCUT2D eigenvalue weighted by atomic mass is 19.3. The van der Waals surface area contributed by atoms with Crippen LogP contribution in [0.4, 0.5) is 8.78 Å². The Morgan fingerprint density at radius 1 is 1.05 bits per heavy atom. The maximum absolute atomic E-state index is 14.1. The quantitative estimate of drug-likeness (QED) is 0.482. The molecule has 5 nitrogen and oxygen atoms in total. The molecule has 0 aromatic rings. The summed E-state index contributed by atoms with van der Waals surface area (Å²) in [4.78, 5) is 39.5. The number of fused-ring (bicyclic) bond motifs is 7. The van der Waals surface area contributed by atoms with Crippen LogP contribution in [0.25, 0.3) is 0 Å². The van der Waals surface area contributed by atoms with Crippen molar-refractivity contribution in [2.45, 2.75) is 97.9 Å². The van der Waals surface area contributed by atoms with Gasteiger partial charge in [0.05, 0.1) is 5.57 Å². The zero-order valence-electron chi connectivity index (χ0n) is 23.4. The van der Waals surface area contributed by atoms with E-state index in [1.165, 1.54) is 0 Å². The highest BCUT2D eigenvalue weighted by molar-refractivity contribution is 6.02. The molecule has 1 N–H and O–H groups in total. The lowest BCUT2D eigenvalue weighted by Gasteiger charge is -2.64. The first-order chi connectivity index (χ1) is 17.5. The van der Waals surface area contributed by atoms with Crippen molar-refractivity contribution < 1.29 is 23.2 Å². The predicted octanol–water partition coefficient (Wildman–Crippen LogP) is 5.95. The fraction of sp³-hybridized carbons (Fsp3) is 0.742. The molecule has 1 amide bonds. The number of halogens is 2. The zero-order valence-corrected chi connectivity index (χ0v) is 23.4. The van der Waals surface area contributed by atoms with Crippen LogP contribution in [0.1, 0.15) is 86.5 Å². The van der Waals surface area contributed by atoms with Crippen LogP contribution in [-0.2, 0) is 14.4 Å². The third kappa shape index (κ3) is 3.76. The van der Waals surface area contributed by atoms with Crippen molar-refractivity contribution in [2.24, 2.45) is 45.8 Å². The molecule has 5 aliphatic rings. The first-order valence-corrected chi connectivity index (χ1v) is 14.1. The fourth-order valence-electron chi connectivity index (χ4n) is 9.45. The van der Waals surface area contributed by atoms with Gasteiger partial charge in [-0.1, -0.05) is 46.3 Å². The van der Waals surface area contributed by atoms with Crippen molar-refractivity contribution in [1.29, 1.82) is 5.26 Å². The van der Waals surface area contributed by atoms with E-state index >= 15 is 0 Å². The van der Waals surface area contributed by atoms with E-state index in [4.69, 9.17) is 0 Å². The molecule has 7 heteroatoms. The number of carbonyl (C=O) groups is 3. The number of allylic oxidation sites excluding steroid dienone is 4. The van der Waals surface area contributed by atoms with Crippen LogP contribution >= 0.6 is 0 Å². The Morgan fingerprint density at radius 3 is 2.34 bits per heavy atom. The summed E-state index contributed by atoms with van der Waals surface area (Å²) < 4.78 is 28.1. The topological polar surface area (TPSA) is 87.0 Å². The first-order valence-electron chi connectivity index (χ1n) is 14.1. The molecule has 206 valence electrons. The minimum Gasteiger partial charge on any atom is -0.345 e. The minimum absolute atomic E-state index is 0.00472. The summed E-state index contributed by atoms with van der Waals surface area (Å²) in [5, 5.41) is 12.5. The number of nitrogens with one attached hydrogen (secondary N) is 1. The van der Waals surface area contributed by atoms with E-state index in [0.717, 1.165) is 24.8 Å². The van der Waals surface area contributed by atoms with Crippen molar-refractivity contribution >= 4 is 17.5 Å². The summed E-state index contributed by atoms with van der Waals surface area (Å²) in [5.41, 5.74) is -0.556. The smallest absolute Gasteiger partial charge is 0.321 e. The van der Waals surface area contributed by atoms with Gasteiger partial charge in [0, 0.05) is 29.7 Å². The second kappa shape index (κ2) is 8.32. The van der Waals surface area contributed by atoms with Gasteiger partial charge in [-0.05, 0) is 79.6 Å². The molecule has 3 fully saturated rings. The molecule has 0 heterocycles. The number of alkyl halides is 2. The first kappa shape index (κ1) is 27.2. The van der Waals surface area contributed by atoms with Gasteiger partial charge in [0.25, 0.3) is 5.91 Å². The number of ketones is 2. The van der Waals surface area contributed by atoms with Crippen LogP contribution in [0.15, 0.2) is 23.3 Å². The van der Waals surface area contributed by atoms with Crippen LogP contribution in [0.2, 0.25) is 0 Å². The molecular formula is C31H40F2N2O3. The number of rotatable bonds is 2. The van der Waals surface area contributed by atoms with Crippen LogP contribution < -0.4 is 5.32 Å². The molecule has 8 atom stereocenters. The number of carbonyl (C=O) groups excluding carboxylic acids is 3.